The van der Waals surface area contributed by atoms with Crippen LogP contribution in [0.1, 0.15) is 51.6 Å². The van der Waals surface area contributed by atoms with E-state index in [0.717, 1.165) is 24.1 Å². The van der Waals surface area contributed by atoms with Gasteiger partial charge in [0.15, 0.2) is 5.78 Å². The van der Waals surface area contributed by atoms with Gasteiger partial charge in [-0.3, -0.25) is 4.79 Å². The standard InChI is InChI=1S/C19H19ClO6S/c1-3-4-9-26-15-10-14(19(22)23)11-16(27(20,24)25)17(15)18(21)13-7-5-12(2)6-8-13/h5-8,10-11H,3-4,9H2,1-2H3,(H,22,23). The van der Waals surface area contributed by atoms with Crippen LogP contribution in [0.3, 0.4) is 0 Å². The Hall–Kier alpha value is -2.38. The van der Waals surface area contributed by atoms with Gasteiger partial charge in [0.2, 0.25) is 0 Å². The minimum atomic E-state index is -4.40. The number of carbonyl (C=O) groups excluding carboxylic acids is 1. The van der Waals surface area contributed by atoms with E-state index in [1.807, 2.05) is 13.8 Å². The molecule has 0 saturated heterocycles. The number of carbonyl (C=O) groups is 2. The summed E-state index contributed by atoms with van der Waals surface area (Å²) in [6, 6.07) is 8.56. The summed E-state index contributed by atoms with van der Waals surface area (Å²) < 4.78 is 29.7. The van der Waals surface area contributed by atoms with Crippen LogP contribution in [-0.4, -0.2) is 31.9 Å². The number of halogens is 1. The zero-order valence-electron chi connectivity index (χ0n) is 14.9. The van der Waals surface area contributed by atoms with E-state index < -0.39 is 25.7 Å². The van der Waals surface area contributed by atoms with Gasteiger partial charge in [0.05, 0.1) is 22.6 Å². The van der Waals surface area contributed by atoms with E-state index in [1.54, 1.807) is 24.3 Å². The predicted octanol–water partition coefficient (Wildman–Crippen LogP) is 4.03. The van der Waals surface area contributed by atoms with Crippen molar-refractivity contribution in [2.24, 2.45) is 0 Å². The van der Waals surface area contributed by atoms with Gasteiger partial charge in [-0.15, -0.1) is 0 Å². The number of rotatable bonds is 8. The van der Waals surface area contributed by atoms with E-state index in [-0.39, 0.29) is 29.0 Å². The van der Waals surface area contributed by atoms with Crippen molar-refractivity contribution in [3.63, 3.8) is 0 Å². The molecule has 0 amide bonds. The van der Waals surface area contributed by atoms with Gasteiger partial charge in [-0.25, -0.2) is 13.2 Å². The first kappa shape index (κ1) is 20.9. The molecule has 0 fully saturated rings. The van der Waals surface area contributed by atoms with Crippen LogP contribution in [0.2, 0.25) is 0 Å². The fraction of sp³-hybridized carbons (Fsp3) is 0.263. The lowest BCUT2D eigenvalue weighted by Gasteiger charge is -2.15. The Labute approximate surface area is 162 Å². The molecule has 0 atom stereocenters. The Morgan fingerprint density at radius 1 is 1.11 bits per heavy atom. The quantitative estimate of drug-likeness (QED) is 0.401. The largest absolute Gasteiger partial charge is 0.493 e. The van der Waals surface area contributed by atoms with Crippen molar-refractivity contribution in [3.05, 3.63) is 58.7 Å². The monoisotopic (exact) mass is 410 g/mol. The molecule has 0 heterocycles. The lowest BCUT2D eigenvalue weighted by molar-refractivity contribution is 0.0695. The summed E-state index contributed by atoms with van der Waals surface area (Å²) in [5.74, 6) is -2.09. The third-order valence-electron chi connectivity index (χ3n) is 3.87. The van der Waals surface area contributed by atoms with Crippen molar-refractivity contribution in [1.29, 1.82) is 0 Å². The van der Waals surface area contributed by atoms with E-state index in [9.17, 15) is 23.1 Å². The van der Waals surface area contributed by atoms with Crippen LogP contribution in [-0.2, 0) is 9.05 Å². The van der Waals surface area contributed by atoms with Crippen LogP contribution >= 0.6 is 10.7 Å². The number of hydrogen-bond donors (Lipinski definition) is 1. The van der Waals surface area contributed by atoms with Gasteiger partial charge in [-0.2, -0.15) is 0 Å². The maximum atomic E-state index is 13.0. The van der Waals surface area contributed by atoms with Gasteiger partial charge < -0.3 is 9.84 Å². The Morgan fingerprint density at radius 3 is 2.26 bits per heavy atom. The lowest BCUT2D eigenvalue weighted by Crippen LogP contribution is -2.13. The Balaban J connectivity index is 2.71. The average molecular weight is 411 g/mol. The number of unbranched alkanes of at least 4 members (excludes halogenated alkanes) is 1. The van der Waals surface area contributed by atoms with E-state index in [4.69, 9.17) is 15.4 Å². The van der Waals surface area contributed by atoms with Crippen molar-refractivity contribution < 1.29 is 27.9 Å². The third kappa shape index (κ3) is 5.08. The Bertz CT molecular complexity index is 964. The summed E-state index contributed by atoms with van der Waals surface area (Å²) in [4.78, 5) is 23.8. The number of aryl methyl sites for hydroxylation is 1. The number of ketones is 1. The van der Waals surface area contributed by atoms with Crippen molar-refractivity contribution in [2.75, 3.05) is 6.61 Å². The highest BCUT2D eigenvalue weighted by Gasteiger charge is 2.28. The number of ether oxygens (including phenoxy) is 1. The maximum Gasteiger partial charge on any atom is 0.335 e. The molecule has 2 aromatic carbocycles. The molecule has 1 N–H and O–H groups in total. The van der Waals surface area contributed by atoms with Gasteiger partial charge in [0.25, 0.3) is 9.05 Å². The van der Waals surface area contributed by atoms with E-state index >= 15 is 0 Å². The van der Waals surface area contributed by atoms with Crippen LogP contribution in [0.25, 0.3) is 0 Å². The molecule has 144 valence electrons. The van der Waals surface area contributed by atoms with E-state index in [0.29, 0.717) is 6.42 Å². The van der Waals surface area contributed by atoms with Crippen LogP contribution in [0.4, 0.5) is 0 Å². The topological polar surface area (TPSA) is 97.7 Å². The number of benzene rings is 2. The maximum absolute atomic E-state index is 13.0. The second kappa shape index (κ2) is 8.54. The van der Waals surface area contributed by atoms with Gasteiger partial charge in [0, 0.05) is 16.2 Å². The van der Waals surface area contributed by atoms with Crippen LogP contribution in [0.5, 0.6) is 5.75 Å². The van der Waals surface area contributed by atoms with Crippen molar-refractivity contribution in [2.45, 2.75) is 31.6 Å². The predicted molar refractivity (Wildman–Crippen MR) is 101 cm³/mol. The lowest BCUT2D eigenvalue weighted by atomic mass is 9.99. The molecule has 2 rings (SSSR count). The molecule has 0 spiro atoms. The third-order valence-corrected chi connectivity index (χ3v) is 5.22. The SMILES string of the molecule is CCCCOc1cc(C(=O)O)cc(S(=O)(=O)Cl)c1C(=O)c1ccc(C)cc1. The molecular weight excluding hydrogens is 392 g/mol. The molecule has 0 saturated carbocycles. The van der Waals surface area contributed by atoms with Gasteiger partial charge in [0.1, 0.15) is 5.75 Å². The molecule has 0 bridgehead atoms. The zero-order valence-corrected chi connectivity index (χ0v) is 16.4. The summed E-state index contributed by atoms with van der Waals surface area (Å²) in [5.41, 5.74) is 0.569. The smallest absolute Gasteiger partial charge is 0.335 e. The van der Waals surface area contributed by atoms with E-state index in [1.165, 1.54) is 0 Å². The molecule has 0 aliphatic heterocycles. The number of aromatic carboxylic acids is 1. The highest BCUT2D eigenvalue weighted by molar-refractivity contribution is 8.13. The molecule has 0 radical (unpaired) electrons. The minimum absolute atomic E-state index is 0.117. The highest BCUT2D eigenvalue weighted by atomic mass is 35.7. The number of hydrogen-bond acceptors (Lipinski definition) is 5. The van der Waals surface area contributed by atoms with Crippen LogP contribution < -0.4 is 4.74 Å². The van der Waals surface area contributed by atoms with Crippen molar-refractivity contribution >= 4 is 31.5 Å². The molecular formula is C19H19ClO6S. The molecule has 8 heteroatoms. The van der Waals surface area contributed by atoms with Gasteiger partial charge >= 0.3 is 5.97 Å². The molecule has 6 nitrogen and oxygen atoms in total. The molecule has 27 heavy (non-hydrogen) atoms. The Morgan fingerprint density at radius 2 is 1.74 bits per heavy atom. The fourth-order valence-electron chi connectivity index (χ4n) is 2.42. The average Bonchev–Trinajstić information content (AvgIpc) is 2.60. The van der Waals surface area contributed by atoms with Crippen LogP contribution in [0.15, 0.2) is 41.3 Å². The second-order valence-corrected chi connectivity index (χ2v) is 8.52. The summed E-state index contributed by atoms with van der Waals surface area (Å²) in [7, 11) is 1.11. The summed E-state index contributed by atoms with van der Waals surface area (Å²) >= 11 is 0. The zero-order chi connectivity index (χ0) is 20.2. The first-order valence-electron chi connectivity index (χ1n) is 8.25. The normalized spacial score (nSPS) is 11.2. The van der Waals surface area contributed by atoms with Crippen molar-refractivity contribution in [1.82, 2.24) is 0 Å². The molecule has 2 aromatic rings. The van der Waals surface area contributed by atoms with Crippen LogP contribution in [0, 0.1) is 6.92 Å². The first-order chi connectivity index (χ1) is 12.6. The van der Waals surface area contributed by atoms with Gasteiger partial charge in [-0.05, 0) is 25.5 Å². The first-order valence-corrected chi connectivity index (χ1v) is 10.6. The molecule has 0 aromatic heterocycles. The fourth-order valence-corrected chi connectivity index (χ4v) is 3.49. The molecule has 0 aliphatic rings. The number of carboxylic acids is 1. The summed E-state index contributed by atoms with van der Waals surface area (Å²) in [6.07, 6.45) is 1.46. The summed E-state index contributed by atoms with van der Waals surface area (Å²) in [5, 5.41) is 9.27. The van der Waals surface area contributed by atoms with Crippen molar-refractivity contribution in [3.8, 4) is 5.75 Å². The second-order valence-electron chi connectivity index (χ2n) is 5.99. The summed E-state index contributed by atoms with van der Waals surface area (Å²) in [6.45, 7) is 3.99. The molecule has 0 unspecified atom stereocenters. The minimum Gasteiger partial charge on any atom is -0.493 e. The molecule has 0 aliphatic carbocycles. The van der Waals surface area contributed by atoms with Gasteiger partial charge in [-0.1, -0.05) is 43.2 Å². The number of carboxylic acid groups (broad SMARTS) is 1. The Kier molecular flexibility index (Phi) is 6.62. The van der Waals surface area contributed by atoms with E-state index in [2.05, 4.69) is 0 Å². The highest BCUT2D eigenvalue weighted by Crippen LogP contribution is 2.33.